The largest absolute Gasteiger partial charge is 0.384 e. The van der Waals surface area contributed by atoms with Crippen molar-refractivity contribution in [2.24, 2.45) is 5.41 Å². The van der Waals surface area contributed by atoms with Gasteiger partial charge in [-0.15, -0.1) is 0 Å². The molecule has 0 aliphatic carbocycles. The monoisotopic (exact) mass is 695 g/mol. The zero-order valence-electron chi connectivity index (χ0n) is 30.3. The number of unbranched alkanes of at least 4 members (excludes halogenated alkanes) is 1. The molecule has 270 valence electrons. The van der Waals surface area contributed by atoms with Crippen molar-refractivity contribution in [3.8, 4) is 0 Å². The van der Waals surface area contributed by atoms with Crippen LogP contribution in [0.4, 0.5) is 0 Å². The van der Waals surface area contributed by atoms with E-state index in [1.807, 2.05) is 27.7 Å². The van der Waals surface area contributed by atoms with Crippen LogP contribution in [0.15, 0.2) is 60.8 Å². The molecule has 3 amide bonds. The molecule has 0 aromatic rings. The number of allylic oxidation sites excluding steroid dienone is 10. The summed E-state index contributed by atoms with van der Waals surface area (Å²) < 4.78 is 10.5. The molecule has 0 unspecified atom stereocenters. The second-order valence-electron chi connectivity index (χ2n) is 11.0. The zero-order valence-corrected chi connectivity index (χ0v) is 31.9. The van der Waals surface area contributed by atoms with Gasteiger partial charge in [-0.3, -0.25) is 14.4 Å². The Morgan fingerprint density at radius 2 is 1.15 bits per heavy atom. The van der Waals surface area contributed by atoms with Crippen LogP contribution in [0.5, 0.6) is 0 Å². The fraction of sp³-hybridized carbons (Fsp3) is 0.649. The van der Waals surface area contributed by atoms with Gasteiger partial charge >= 0.3 is 0 Å². The van der Waals surface area contributed by atoms with E-state index in [-0.39, 0.29) is 30.7 Å². The Labute approximate surface area is 294 Å². The highest BCUT2D eigenvalue weighted by Gasteiger charge is 2.35. The predicted molar refractivity (Wildman–Crippen MR) is 205 cm³/mol. The van der Waals surface area contributed by atoms with Crippen molar-refractivity contribution in [1.29, 1.82) is 0 Å². The van der Waals surface area contributed by atoms with Crippen molar-refractivity contribution in [3.05, 3.63) is 60.8 Å². The molecule has 0 aliphatic rings. The molecule has 8 nitrogen and oxygen atoms in total. The first kappa shape index (κ1) is 46.8. The van der Waals surface area contributed by atoms with E-state index in [1.165, 1.54) is 7.11 Å². The third-order valence-electron chi connectivity index (χ3n) is 6.38. The normalized spacial score (nSPS) is 12.7. The molecule has 1 atom stereocenters. The van der Waals surface area contributed by atoms with Crippen molar-refractivity contribution < 1.29 is 23.9 Å². The molecular weight excluding hydrogens is 631 g/mol. The van der Waals surface area contributed by atoms with Crippen LogP contribution in [0.25, 0.3) is 0 Å². The van der Waals surface area contributed by atoms with Gasteiger partial charge in [0, 0.05) is 63.6 Å². The van der Waals surface area contributed by atoms with Crippen LogP contribution in [-0.2, 0) is 23.9 Å². The van der Waals surface area contributed by atoms with Crippen molar-refractivity contribution in [1.82, 2.24) is 16.0 Å². The molecule has 0 spiro atoms. The van der Waals surface area contributed by atoms with Gasteiger partial charge in [0.15, 0.2) is 0 Å². The number of carbonyl (C=O) groups is 3. The second kappa shape index (κ2) is 35.0. The summed E-state index contributed by atoms with van der Waals surface area (Å²) in [6.07, 6.45) is 28.7. The molecule has 0 rings (SSSR count). The van der Waals surface area contributed by atoms with E-state index in [1.54, 1.807) is 28.7 Å². The minimum Gasteiger partial charge on any atom is -0.384 e. The molecule has 0 saturated heterocycles. The Morgan fingerprint density at radius 3 is 1.62 bits per heavy atom. The van der Waals surface area contributed by atoms with Crippen molar-refractivity contribution in [2.45, 2.75) is 98.5 Å². The highest BCUT2D eigenvalue weighted by atomic mass is 33.1. The molecule has 0 aromatic carbocycles. The van der Waals surface area contributed by atoms with Gasteiger partial charge in [-0.1, -0.05) is 117 Å². The zero-order chi connectivity index (χ0) is 35.4. The Hall–Kier alpha value is -2.27. The van der Waals surface area contributed by atoms with E-state index in [0.717, 1.165) is 56.5 Å². The molecule has 0 radical (unpaired) electrons. The summed E-state index contributed by atoms with van der Waals surface area (Å²) in [7, 11) is 6.41. The van der Waals surface area contributed by atoms with Crippen LogP contribution in [-0.4, -0.2) is 75.8 Å². The highest BCUT2D eigenvalue weighted by molar-refractivity contribution is 8.76. The molecule has 0 fully saturated rings. The Kier molecular flexibility index (Phi) is 34.9. The summed E-state index contributed by atoms with van der Waals surface area (Å²) in [5, 5.41) is 8.60. The number of carbonyl (C=O) groups excluding carboxylic acids is 3. The Bertz CT molecular complexity index is 933. The van der Waals surface area contributed by atoms with Crippen LogP contribution in [0.1, 0.15) is 92.4 Å². The van der Waals surface area contributed by atoms with Crippen molar-refractivity contribution in [3.63, 3.8) is 0 Å². The fourth-order valence-corrected chi connectivity index (χ4v) is 5.94. The summed E-state index contributed by atoms with van der Waals surface area (Å²) in [4.78, 5) is 36.5. The number of hydrogen-bond acceptors (Lipinski definition) is 7. The lowest BCUT2D eigenvalue weighted by Gasteiger charge is -2.31. The number of amides is 3. The average Bonchev–Trinajstić information content (AvgIpc) is 3.04. The number of rotatable bonds is 28. The van der Waals surface area contributed by atoms with E-state index < -0.39 is 11.5 Å². The first-order valence-electron chi connectivity index (χ1n) is 17.1. The maximum atomic E-state index is 12.4. The van der Waals surface area contributed by atoms with Crippen molar-refractivity contribution in [2.75, 3.05) is 52.0 Å². The molecule has 47 heavy (non-hydrogen) atoms. The average molecular weight is 696 g/mol. The summed E-state index contributed by atoms with van der Waals surface area (Å²) in [6.45, 7) is 11.8. The summed E-state index contributed by atoms with van der Waals surface area (Å²) in [6, 6.07) is 0. The Morgan fingerprint density at radius 1 is 0.681 bits per heavy atom. The van der Waals surface area contributed by atoms with E-state index in [4.69, 9.17) is 9.47 Å². The summed E-state index contributed by atoms with van der Waals surface area (Å²) >= 11 is 0. The van der Waals surface area contributed by atoms with E-state index in [0.29, 0.717) is 26.1 Å². The van der Waals surface area contributed by atoms with Gasteiger partial charge in [-0.25, -0.2) is 0 Å². The number of hydrogen-bond donors (Lipinski definition) is 3. The molecule has 0 heterocycles. The lowest BCUT2D eigenvalue weighted by atomic mass is 9.86. The quantitative estimate of drug-likeness (QED) is 0.0437. The standard InChI is InChI=1S/C35H59N3O5S2.C2H6/c1-6-7-8-9-10-11-12-13-14-15-16-17-18-19-20-21-22-23-31(39)36-26-28-44-45-29-27-37-32(40)24-25-38-34(41)33(43-5)35(2,3)30-42-4;1-2/h7-8,10-11,13-14,16-17,19-20,33H,6,9,12,15,18,21-30H2,1-5H3,(H,36,39)(H,37,40)(H,38,41);1-2H3/b8-7-,11-10-,14-13-,17-16-,20-19-;/t33-;/m0./s1. The molecule has 3 N–H and O–H groups in total. The lowest BCUT2D eigenvalue weighted by Crippen LogP contribution is -2.47. The molecule has 10 heteroatoms. The van der Waals surface area contributed by atoms with Gasteiger partial charge in [0.25, 0.3) is 0 Å². The number of methoxy groups -OCH3 is 2. The first-order chi connectivity index (χ1) is 22.8. The van der Waals surface area contributed by atoms with Gasteiger partial charge < -0.3 is 25.4 Å². The minimum atomic E-state index is -0.659. The van der Waals surface area contributed by atoms with Gasteiger partial charge in [-0.2, -0.15) is 0 Å². The Balaban J connectivity index is 0. The number of nitrogens with one attached hydrogen (secondary N) is 3. The number of ether oxygens (including phenoxy) is 2. The van der Waals surface area contributed by atoms with E-state index in [9.17, 15) is 14.4 Å². The maximum Gasteiger partial charge on any atom is 0.249 e. The minimum absolute atomic E-state index is 0.0892. The van der Waals surface area contributed by atoms with Gasteiger partial charge in [0.1, 0.15) is 6.10 Å². The fourth-order valence-electron chi connectivity index (χ4n) is 4.13. The van der Waals surface area contributed by atoms with Crippen LogP contribution in [0, 0.1) is 5.41 Å². The van der Waals surface area contributed by atoms with Gasteiger partial charge in [0.2, 0.25) is 17.7 Å². The maximum absolute atomic E-state index is 12.4. The molecule has 0 saturated carbocycles. The molecule has 0 aliphatic heterocycles. The van der Waals surface area contributed by atoms with Gasteiger partial charge in [-0.05, 0) is 44.9 Å². The second-order valence-corrected chi connectivity index (χ2v) is 13.7. The molecule has 0 bridgehead atoms. The highest BCUT2D eigenvalue weighted by Crippen LogP contribution is 2.23. The predicted octanol–water partition coefficient (Wildman–Crippen LogP) is 7.74. The van der Waals surface area contributed by atoms with Crippen LogP contribution >= 0.6 is 21.6 Å². The van der Waals surface area contributed by atoms with Crippen LogP contribution in [0.2, 0.25) is 0 Å². The third kappa shape index (κ3) is 30.8. The molecule has 0 aromatic heterocycles. The smallest absolute Gasteiger partial charge is 0.249 e. The van der Waals surface area contributed by atoms with Crippen LogP contribution < -0.4 is 16.0 Å². The van der Waals surface area contributed by atoms with Crippen molar-refractivity contribution >= 4 is 39.3 Å². The van der Waals surface area contributed by atoms with E-state index in [2.05, 4.69) is 83.6 Å². The topological polar surface area (TPSA) is 106 Å². The molecular formula is C37H65N3O5S2. The van der Waals surface area contributed by atoms with E-state index >= 15 is 0 Å². The SMILES string of the molecule is CC.CC/C=C\C/C=C\C/C=C\C/C=C\C/C=C\CCCC(=O)NCCSSCCNC(=O)CCNC(=O)[C@H](OC)C(C)(C)COC. The summed E-state index contributed by atoms with van der Waals surface area (Å²) in [5.74, 6) is 1.30. The summed E-state index contributed by atoms with van der Waals surface area (Å²) in [5.41, 5.74) is -0.481. The van der Waals surface area contributed by atoms with Gasteiger partial charge in [0.05, 0.1) is 6.61 Å². The lowest BCUT2D eigenvalue weighted by molar-refractivity contribution is -0.140. The first-order valence-corrected chi connectivity index (χ1v) is 19.6. The van der Waals surface area contributed by atoms with Crippen LogP contribution in [0.3, 0.4) is 0 Å². The third-order valence-corrected chi connectivity index (χ3v) is 8.79.